The quantitative estimate of drug-likeness (QED) is 0.848. The average molecular weight is 302 g/mol. The van der Waals surface area contributed by atoms with Crippen LogP contribution in [0.2, 0.25) is 10.0 Å². The molecular weight excluding hydrogens is 281 g/mol. The molecule has 0 radical (unpaired) electrons. The molecule has 0 atom stereocenters. The van der Waals surface area contributed by atoms with E-state index in [1.807, 2.05) is 12.1 Å². The van der Waals surface area contributed by atoms with Crippen molar-refractivity contribution in [2.45, 2.75) is 19.4 Å². The highest BCUT2D eigenvalue weighted by Crippen LogP contribution is 2.29. The number of rotatable bonds is 5. The molecule has 1 fully saturated rings. The van der Waals surface area contributed by atoms with E-state index in [4.69, 9.17) is 28.9 Å². The van der Waals surface area contributed by atoms with Gasteiger partial charge in [0, 0.05) is 19.6 Å². The van der Waals surface area contributed by atoms with Crippen molar-refractivity contribution >= 4 is 28.9 Å². The van der Waals surface area contributed by atoms with Gasteiger partial charge in [0.05, 0.1) is 15.7 Å². The zero-order valence-corrected chi connectivity index (χ0v) is 12.8. The van der Waals surface area contributed by atoms with Gasteiger partial charge in [0.15, 0.2) is 0 Å². The molecule has 0 unspecified atom stereocenters. The van der Waals surface area contributed by atoms with Crippen molar-refractivity contribution in [3.63, 3.8) is 0 Å². The van der Waals surface area contributed by atoms with Crippen LogP contribution < -0.4 is 5.73 Å². The molecular formula is C14H21Cl2N3. The van der Waals surface area contributed by atoms with Crippen LogP contribution in [0, 0.1) is 0 Å². The van der Waals surface area contributed by atoms with Gasteiger partial charge in [-0.3, -0.25) is 0 Å². The second kappa shape index (κ2) is 6.80. The van der Waals surface area contributed by atoms with Crippen LogP contribution in [-0.4, -0.2) is 43.0 Å². The number of anilines is 1. The lowest BCUT2D eigenvalue weighted by Gasteiger charge is -2.21. The molecule has 0 spiro atoms. The minimum Gasteiger partial charge on any atom is -0.396 e. The van der Waals surface area contributed by atoms with E-state index < -0.39 is 0 Å². The summed E-state index contributed by atoms with van der Waals surface area (Å²) in [5.74, 6) is 0. The molecule has 1 aromatic carbocycles. The van der Waals surface area contributed by atoms with E-state index in [0.29, 0.717) is 15.7 Å². The minimum atomic E-state index is 0.465. The summed E-state index contributed by atoms with van der Waals surface area (Å²) in [5.41, 5.74) is 7.31. The number of likely N-dealkylation sites (N-methyl/N-ethyl adjacent to an activating group) is 1. The number of hydrogen-bond donors (Lipinski definition) is 1. The normalized spacial score (nSPS) is 16.4. The summed E-state index contributed by atoms with van der Waals surface area (Å²) < 4.78 is 0. The van der Waals surface area contributed by atoms with Gasteiger partial charge < -0.3 is 15.5 Å². The summed E-state index contributed by atoms with van der Waals surface area (Å²) in [6.45, 7) is 5.51. The van der Waals surface area contributed by atoms with Crippen LogP contribution in [0.1, 0.15) is 18.4 Å². The van der Waals surface area contributed by atoms with E-state index in [1.165, 1.54) is 25.9 Å². The van der Waals surface area contributed by atoms with Crippen LogP contribution in [0.15, 0.2) is 12.1 Å². The summed E-state index contributed by atoms with van der Waals surface area (Å²) >= 11 is 12.1. The Labute approximate surface area is 125 Å². The van der Waals surface area contributed by atoms with Gasteiger partial charge in [-0.15, -0.1) is 0 Å². The van der Waals surface area contributed by atoms with Gasteiger partial charge in [0.1, 0.15) is 0 Å². The summed E-state index contributed by atoms with van der Waals surface area (Å²) in [6.07, 6.45) is 2.68. The van der Waals surface area contributed by atoms with Crippen molar-refractivity contribution in [2.75, 3.05) is 39.0 Å². The fourth-order valence-electron chi connectivity index (χ4n) is 2.44. The van der Waals surface area contributed by atoms with Crippen LogP contribution in [0.4, 0.5) is 5.69 Å². The second-order valence-electron chi connectivity index (χ2n) is 5.26. The molecule has 5 heteroatoms. The molecule has 2 N–H and O–H groups in total. The zero-order chi connectivity index (χ0) is 13.8. The van der Waals surface area contributed by atoms with E-state index in [9.17, 15) is 0 Å². The van der Waals surface area contributed by atoms with Gasteiger partial charge in [-0.2, -0.15) is 0 Å². The Morgan fingerprint density at radius 1 is 1.21 bits per heavy atom. The van der Waals surface area contributed by atoms with Crippen molar-refractivity contribution in [2.24, 2.45) is 0 Å². The standard InChI is InChI=1S/C14H21Cl2N3/c1-18(6-7-19-4-2-3-5-19)10-11-8-12(15)14(17)13(16)9-11/h8-9H,2-7,10,17H2,1H3. The van der Waals surface area contributed by atoms with E-state index in [2.05, 4.69) is 16.8 Å². The molecule has 0 saturated carbocycles. The van der Waals surface area contributed by atoms with Gasteiger partial charge in [-0.25, -0.2) is 0 Å². The van der Waals surface area contributed by atoms with E-state index in [-0.39, 0.29) is 0 Å². The number of halogens is 2. The lowest BCUT2D eigenvalue weighted by Crippen LogP contribution is -2.31. The third-order valence-electron chi connectivity index (χ3n) is 3.59. The lowest BCUT2D eigenvalue weighted by atomic mass is 10.2. The molecule has 19 heavy (non-hydrogen) atoms. The first-order chi connectivity index (χ1) is 9.06. The molecule has 1 aliphatic heterocycles. The number of likely N-dealkylation sites (tertiary alicyclic amines) is 1. The minimum absolute atomic E-state index is 0.465. The van der Waals surface area contributed by atoms with Crippen LogP contribution >= 0.6 is 23.2 Å². The van der Waals surface area contributed by atoms with E-state index in [0.717, 1.165) is 25.2 Å². The fraction of sp³-hybridized carbons (Fsp3) is 0.571. The molecule has 1 saturated heterocycles. The first-order valence-corrected chi connectivity index (χ1v) is 7.46. The number of benzene rings is 1. The first-order valence-electron chi connectivity index (χ1n) is 6.70. The molecule has 2 rings (SSSR count). The monoisotopic (exact) mass is 301 g/mol. The van der Waals surface area contributed by atoms with Gasteiger partial charge in [0.25, 0.3) is 0 Å². The maximum absolute atomic E-state index is 6.05. The predicted molar refractivity (Wildman–Crippen MR) is 82.9 cm³/mol. The van der Waals surface area contributed by atoms with Crippen LogP contribution in [-0.2, 0) is 6.54 Å². The highest BCUT2D eigenvalue weighted by atomic mass is 35.5. The summed E-state index contributed by atoms with van der Waals surface area (Å²) in [7, 11) is 2.12. The summed E-state index contributed by atoms with van der Waals surface area (Å²) in [6, 6.07) is 3.80. The third kappa shape index (κ3) is 4.25. The van der Waals surface area contributed by atoms with Crippen LogP contribution in [0.3, 0.4) is 0 Å². The average Bonchev–Trinajstić information content (AvgIpc) is 2.86. The van der Waals surface area contributed by atoms with Crippen molar-refractivity contribution in [3.05, 3.63) is 27.7 Å². The second-order valence-corrected chi connectivity index (χ2v) is 6.07. The Hall–Kier alpha value is -0.480. The number of nitrogen functional groups attached to an aromatic ring is 1. The van der Waals surface area contributed by atoms with Gasteiger partial charge >= 0.3 is 0 Å². The Morgan fingerprint density at radius 3 is 2.37 bits per heavy atom. The Kier molecular flexibility index (Phi) is 5.34. The van der Waals surface area contributed by atoms with Crippen molar-refractivity contribution in [1.82, 2.24) is 9.80 Å². The maximum Gasteiger partial charge on any atom is 0.0693 e. The maximum atomic E-state index is 6.05. The number of hydrogen-bond acceptors (Lipinski definition) is 3. The summed E-state index contributed by atoms with van der Waals surface area (Å²) in [4.78, 5) is 4.80. The molecule has 0 aliphatic carbocycles. The molecule has 1 heterocycles. The topological polar surface area (TPSA) is 32.5 Å². The van der Waals surface area contributed by atoms with Crippen LogP contribution in [0.5, 0.6) is 0 Å². The Bertz CT molecular complexity index is 408. The number of nitrogens with zero attached hydrogens (tertiary/aromatic N) is 2. The molecule has 3 nitrogen and oxygen atoms in total. The SMILES string of the molecule is CN(CCN1CCCC1)Cc1cc(Cl)c(N)c(Cl)c1. The molecule has 0 bridgehead atoms. The van der Waals surface area contributed by atoms with Gasteiger partial charge in [0.2, 0.25) is 0 Å². The zero-order valence-electron chi connectivity index (χ0n) is 11.3. The molecule has 0 amide bonds. The summed E-state index contributed by atoms with van der Waals surface area (Å²) in [5, 5.41) is 1.07. The van der Waals surface area contributed by atoms with Gasteiger partial charge in [-0.1, -0.05) is 23.2 Å². The third-order valence-corrected chi connectivity index (χ3v) is 4.21. The van der Waals surface area contributed by atoms with Crippen molar-refractivity contribution < 1.29 is 0 Å². The highest BCUT2D eigenvalue weighted by Gasteiger charge is 2.12. The molecule has 106 valence electrons. The Morgan fingerprint density at radius 2 is 1.79 bits per heavy atom. The van der Waals surface area contributed by atoms with Crippen molar-refractivity contribution in [3.8, 4) is 0 Å². The van der Waals surface area contributed by atoms with Crippen LogP contribution in [0.25, 0.3) is 0 Å². The molecule has 1 aliphatic rings. The number of nitrogens with two attached hydrogens (primary N) is 1. The van der Waals surface area contributed by atoms with E-state index in [1.54, 1.807) is 0 Å². The first kappa shape index (κ1) is 14.9. The van der Waals surface area contributed by atoms with Crippen molar-refractivity contribution in [1.29, 1.82) is 0 Å². The smallest absolute Gasteiger partial charge is 0.0693 e. The molecule has 0 aromatic heterocycles. The highest BCUT2D eigenvalue weighted by molar-refractivity contribution is 6.38. The largest absolute Gasteiger partial charge is 0.396 e. The fourth-order valence-corrected chi connectivity index (χ4v) is 2.97. The molecule has 1 aromatic rings. The predicted octanol–water partition coefficient (Wildman–Crippen LogP) is 3.10. The Balaban J connectivity index is 1.85. The lowest BCUT2D eigenvalue weighted by molar-refractivity contribution is 0.252. The van der Waals surface area contributed by atoms with Gasteiger partial charge in [-0.05, 0) is 50.7 Å². The van der Waals surface area contributed by atoms with E-state index >= 15 is 0 Å².